The molecule has 4 aromatic rings. The van der Waals surface area contributed by atoms with Crippen LogP contribution in [0.1, 0.15) is 11.1 Å². The zero-order chi connectivity index (χ0) is 24.7. The average Bonchev–Trinajstić information content (AvgIpc) is 2.95. The summed E-state index contributed by atoms with van der Waals surface area (Å²) in [6.45, 7) is 0.858. The molecule has 4 rings (SSSR count). The van der Waals surface area contributed by atoms with E-state index < -0.39 is 0 Å². The Hall–Kier alpha value is -4.74. The zero-order valence-electron chi connectivity index (χ0n) is 20.1. The molecule has 0 aliphatic heterocycles. The lowest BCUT2D eigenvalue weighted by atomic mass is 10.0. The molecule has 0 saturated heterocycles. The SMILES string of the molecule is C(#Cc1ccccc1)C(=C\c1ccccc1)/C(=C/C=C/COc1ccccc1)COc1ccccc1. The fourth-order valence-corrected chi connectivity index (χ4v) is 3.38. The number of para-hydroxylation sites is 2. The van der Waals surface area contributed by atoms with E-state index in [1.54, 1.807) is 0 Å². The smallest absolute Gasteiger partial charge is 0.119 e. The maximum Gasteiger partial charge on any atom is 0.119 e. The van der Waals surface area contributed by atoms with E-state index in [0.717, 1.165) is 33.8 Å². The Labute approximate surface area is 213 Å². The molecule has 0 fully saturated rings. The topological polar surface area (TPSA) is 18.5 Å². The summed E-state index contributed by atoms with van der Waals surface area (Å²) < 4.78 is 11.9. The predicted octanol–water partition coefficient (Wildman–Crippen LogP) is 7.76. The molecule has 4 aromatic carbocycles. The predicted molar refractivity (Wildman–Crippen MR) is 149 cm³/mol. The minimum absolute atomic E-state index is 0.385. The molecule has 0 N–H and O–H groups in total. The van der Waals surface area contributed by atoms with E-state index in [0.29, 0.717) is 13.2 Å². The van der Waals surface area contributed by atoms with Gasteiger partial charge in [0.15, 0.2) is 0 Å². The second-order valence-corrected chi connectivity index (χ2v) is 7.93. The second-order valence-electron chi connectivity index (χ2n) is 7.93. The normalized spacial score (nSPS) is 11.6. The fraction of sp³-hybridized carbons (Fsp3) is 0.0588. The van der Waals surface area contributed by atoms with Crippen LogP contribution in [0.15, 0.2) is 151 Å². The third-order valence-electron chi connectivity index (χ3n) is 5.23. The van der Waals surface area contributed by atoms with E-state index in [1.165, 1.54) is 0 Å². The molecule has 0 heterocycles. The summed E-state index contributed by atoms with van der Waals surface area (Å²) in [7, 11) is 0. The monoisotopic (exact) mass is 468 g/mol. The Morgan fingerprint density at radius 3 is 1.83 bits per heavy atom. The Balaban J connectivity index is 1.61. The molecular weight excluding hydrogens is 440 g/mol. The molecule has 2 nitrogen and oxygen atoms in total. The highest BCUT2D eigenvalue weighted by Crippen LogP contribution is 2.18. The van der Waals surface area contributed by atoms with E-state index >= 15 is 0 Å². The van der Waals surface area contributed by atoms with Gasteiger partial charge in [-0.15, -0.1) is 0 Å². The molecule has 0 amide bonds. The molecule has 0 saturated carbocycles. The first-order chi connectivity index (χ1) is 17.9. The second kappa shape index (κ2) is 13.8. The summed E-state index contributed by atoms with van der Waals surface area (Å²) in [4.78, 5) is 0. The molecule has 2 heteroatoms. The van der Waals surface area contributed by atoms with Gasteiger partial charge >= 0.3 is 0 Å². The highest BCUT2D eigenvalue weighted by molar-refractivity contribution is 5.66. The highest BCUT2D eigenvalue weighted by atomic mass is 16.5. The van der Waals surface area contributed by atoms with Crippen LogP contribution < -0.4 is 9.47 Å². The van der Waals surface area contributed by atoms with Crippen molar-refractivity contribution in [1.29, 1.82) is 0 Å². The van der Waals surface area contributed by atoms with Gasteiger partial charge < -0.3 is 9.47 Å². The average molecular weight is 469 g/mol. The van der Waals surface area contributed by atoms with E-state index in [2.05, 4.69) is 30.0 Å². The van der Waals surface area contributed by atoms with Crippen LogP contribution in [0.3, 0.4) is 0 Å². The van der Waals surface area contributed by atoms with Crippen molar-refractivity contribution in [2.75, 3.05) is 13.2 Å². The van der Waals surface area contributed by atoms with Crippen molar-refractivity contribution in [3.63, 3.8) is 0 Å². The minimum atomic E-state index is 0.385. The Morgan fingerprint density at radius 2 is 1.19 bits per heavy atom. The summed E-state index contributed by atoms with van der Waals surface area (Å²) in [5.74, 6) is 8.35. The molecule has 0 aliphatic rings. The van der Waals surface area contributed by atoms with Crippen LogP contribution in [0.4, 0.5) is 0 Å². The standard InChI is InChI=1S/C34H28O2/c1-5-15-29(16-6-1)24-25-31(27-30-17-7-2-8-18-30)32(28-36-34-22-11-4-12-23-34)19-13-14-26-35-33-20-9-3-10-21-33/h1-23,27H,26,28H2/b14-13+,31-27+,32-19+. The third kappa shape index (κ3) is 8.24. The number of allylic oxidation sites excluding steroid dienone is 2. The van der Waals surface area contributed by atoms with Crippen LogP contribution in [0.5, 0.6) is 11.5 Å². The molecule has 0 aromatic heterocycles. The number of ether oxygens (including phenoxy) is 2. The van der Waals surface area contributed by atoms with Crippen molar-refractivity contribution in [2.24, 2.45) is 0 Å². The number of hydrogen-bond donors (Lipinski definition) is 0. The Morgan fingerprint density at radius 1 is 0.639 bits per heavy atom. The summed E-state index contributed by atoms with van der Waals surface area (Å²) in [5, 5.41) is 0. The molecule has 0 bridgehead atoms. The summed E-state index contributed by atoms with van der Waals surface area (Å²) in [5.41, 5.74) is 3.92. The van der Waals surface area contributed by atoms with Crippen LogP contribution in [0.25, 0.3) is 6.08 Å². The quantitative estimate of drug-likeness (QED) is 0.185. The van der Waals surface area contributed by atoms with Crippen molar-refractivity contribution in [1.82, 2.24) is 0 Å². The summed E-state index contributed by atoms with van der Waals surface area (Å²) in [6.07, 6.45) is 8.13. The van der Waals surface area contributed by atoms with E-state index in [4.69, 9.17) is 9.47 Å². The van der Waals surface area contributed by atoms with Crippen molar-refractivity contribution in [3.8, 4) is 23.3 Å². The Kier molecular flexibility index (Phi) is 9.38. The maximum atomic E-state index is 6.12. The molecule has 0 aliphatic carbocycles. The first-order valence-electron chi connectivity index (χ1n) is 11.9. The van der Waals surface area contributed by atoms with Crippen LogP contribution in [0, 0.1) is 11.8 Å². The first-order valence-corrected chi connectivity index (χ1v) is 11.9. The van der Waals surface area contributed by atoms with E-state index in [1.807, 2.05) is 127 Å². The van der Waals surface area contributed by atoms with Gasteiger partial charge in [-0.05, 0) is 54.1 Å². The van der Waals surface area contributed by atoms with Crippen molar-refractivity contribution in [2.45, 2.75) is 0 Å². The van der Waals surface area contributed by atoms with Gasteiger partial charge in [0.25, 0.3) is 0 Å². The summed E-state index contributed by atoms with van der Waals surface area (Å²) >= 11 is 0. The summed E-state index contributed by atoms with van der Waals surface area (Å²) in [6, 6.07) is 39.8. The van der Waals surface area contributed by atoms with E-state index in [-0.39, 0.29) is 0 Å². The lowest BCUT2D eigenvalue weighted by Gasteiger charge is -2.10. The van der Waals surface area contributed by atoms with Crippen LogP contribution in [-0.4, -0.2) is 13.2 Å². The first kappa shape index (κ1) is 24.4. The van der Waals surface area contributed by atoms with Gasteiger partial charge in [-0.25, -0.2) is 0 Å². The molecule has 0 spiro atoms. The van der Waals surface area contributed by atoms with Gasteiger partial charge in [-0.3, -0.25) is 0 Å². The molecular formula is C34H28O2. The van der Waals surface area contributed by atoms with Crippen LogP contribution >= 0.6 is 0 Å². The van der Waals surface area contributed by atoms with Gasteiger partial charge in [-0.1, -0.05) is 109 Å². The lowest BCUT2D eigenvalue weighted by Crippen LogP contribution is -2.03. The molecule has 0 unspecified atom stereocenters. The van der Waals surface area contributed by atoms with Gasteiger partial charge in [-0.2, -0.15) is 0 Å². The number of hydrogen-bond acceptors (Lipinski definition) is 2. The van der Waals surface area contributed by atoms with Gasteiger partial charge in [0.2, 0.25) is 0 Å². The van der Waals surface area contributed by atoms with Crippen molar-refractivity contribution < 1.29 is 9.47 Å². The van der Waals surface area contributed by atoms with Gasteiger partial charge in [0.05, 0.1) is 0 Å². The maximum absolute atomic E-state index is 6.12. The molecule has 176 valence electrons. The van der Waals surface area contributed by atoms with Crippen LogP contribution in [0.2, 0.25) is 0 Å². The van der Waals surface area contributed by atoms with Gasteiger partial charge in [0, 0.05) is 16.7 Å². The largest absolute Gasteiger partial charge is 0.490 e. The van der Waals surface area contributed by atoms with Gasteiger partial charge in [0.1, 0.15) is 24.7 Å². The lowest BCUT2D eigenvalue weighted by molar-refractivity contribution is 0.354. The van der Waals surface area contributed by atoms with Crippen LogP contribution in [-0.2, 0) is 0 Å². The highest BCUT2D eigenvalue weighted by Gasteiger charge is 2.05. The minimum Gasteiger partial charge on any atom is -0.490 e. The molecule has 0 radical (unpaired) electrons. The third-order valence-corrected chi connectivity index (χ3v) is 5.23. The number of rotatable bonds is 9. The van der Waals surface area contributed by atoms with Crippen molar-refractivity contribution in [3.05, 3.63) is 162 Å². The van der Waals surface area contributed by atoms with Crippen molar-refractivity contribution >= 4 is 6.08 Å². The number of benzene rings is 4. The fourth-order valence-electron chi connectivity index (χ4n) is 3.38. The molecule has 36 heavy (non-hydrogen) atoms. The molecule has 0 atom stereocenters. The van der Waals surface area contributed by atoms with E-state index in [9.17, 15) is 0 Å². The zero-order valence-corrected chi connectivity index (χ0v) is 20.1. The Bertz CT molecular complexity index is 1340.